The third-order valence-electron chi connectivity index (χ3n) is 15.5. The minimum atomic E-state index is -0.176. The van der Waals surface area contributed by atoms with Crippen LogP contribution in [0.15, 0.2) is 273 Å². The molecule has 14 rings (SSSR count). The van der Waals surface area contributed by atoms with E-state index in [1.165, 1.54) is 55.3 Å². The summed E-state index contributed by atoms with van der Waals surface area (Å²) in [6.45, 7) is 4.71. The number of rotatable bonds is 10. The first-order valence-corrected chi connectivity index (χ1v) is 26.3. The van der Waals surface area contributed by atoms with E-state index in [1.54, 1.807) is 0 Å². The van der Waals surface area contributed by atoms with Crippen LogP contribution in [0.4, 0.5) is 17.1 Å². The number of fused-ring (bicyclic) bond motifs is 6. The number of benzene rings is 11. The molecule has 77 heavy (non-hydrogen) atoms. The van der Waals surface area contributed by atoms with Gasteiger partial charge in [-0.3, -0.25) is 0 Å². The van der Waals surface area contributed by atoms with Gasteiger partial charge in [0.05, 0.1) is 11.0 Å². The quantitative estimate of drug-likeness (QED) is 0.137. The van der Waals surface area contributed by atoms with Crippen molar-refractivity contribution in [1.82, 2.24) is 19.5 Å². The zero-order chi connectivity index (χ0) is 51.5. The second-order valence-corrected chi connectivity index (χ2v) is 20.4. The van der Waals surface area contributed by atoms with Crippen molar-refractivity contribution >= 4 is 38.9 Å². The van der Waals surface area contributed by atoms with Crippen LogP contribution in [-0.4, -0.2) is 19.5 Å². The van der Waals surface area contributed by atoms with Crippen molar-refractivity contribution in [3.8, 4) is 84.4 Å². The van der Waals surface area contributed by atoms with E-state index in [2.05, 4.69) is 260 Å². The molecule has 0 N–H and O–H groups in total. The molecule has 0 saturated carbocycles. The molecule has 2 aromatic heterocycles. The highest BCUT2D eigenvalue weighted by atomic mass is 15.1. The molecule has 0 amide bonds. The van der Waals surface area contributed by atoms with Gasteiger partial charge in [0.15, 0.2) is 17.5 Å². The fourth-order valence-corrected chi connectivity index (χ4v) is 11.5. The molecule has 11 aromatic carbocycles. The Balaban J connectivity index is 0.890. The van der Waals surface area contributed by atoms with Crippen molar-refractivity contribution in [3.05, 3.63) is 284 Å². The van der Waals surface area contributed by atoms with Crippen LogP contribution in [0.25, 0.3) is 106 Å². The Hall–Kier alpha value is -9.97. The number of hydrogen-bond donors (Lipinski definition) is 0. The Bertz CT molecular complexity index is 4160. The Kier molecular flexibility index (Phi) is 11.1. The number of aromatic nitrogens is 4. The van der Waals surface area contributed by atoms with E-state index in [1.807, 2.05) is 36.4 Å². The van der Waals surface area contributed by atoms with Crippen molar-refractivity contribution in [2.45, 2.75) is 19.3 Å². The highest BCUT2D eigenvalue weighted by Gasteiger charge is 2.36. The van der Waals surface area contributed by atoms with E-state index < -0.39 is 0 Å². The van der Waals surface area contributed by atoms with E-state index in [0.717, 1.165) is 61.6 Å². The van der Waals surface area contributed by atoms with Crippen molar-refractivity contribution in [1.29, 1.82) is 0 Å². The maximum atomic E-state index is 5.13. The summed E-state index contributed by atoms with van der Waals surface area (Å²) in [6, 6.07) is 97.7. The average molecular weight is 986 g/mol. The summed E-state index contributed by atoms with van der Waals surface area (Å²) < 4.78 is 2.43. The van der Waals surface area contributed by atoms with Crippen LogP contribution >= 0.6 is 0 Å². The van der Waals surface area contributed by atoms with E-state index >= 15 is 0 Å². The van der Waals surface area contributed by atoms with Crippen LogP contribution in [0.2, 0.25) is 0 Å². The lowest BCUT2D eigenvalue weighted by molar-refractivity contribution is 0.661. The Morgan fingerprint density at radius 2 is 0.714 bits per heavy atom. The standard InChI is InChI=1S/C72H51N5/c1-72(2)65-29-16-15-28-61(65)62-46-64-63-45-55(52-34-41-59(42-35-52)76(57-37-30-50(31-38-57)48-18-7-3-8-19-48)58-39-32-51(33-40-58)49-20-9-4-10-21-49)36-43-67(63)77(68(64)47-66(62)72)60-27-17-26-56(44-60)71-74-69(53-22-11-5-12-23-53)73-70(75-71)54-24-13-6-14-25-54/h3-47H,1-2H3. The van der Waals surface area contributed by atoms with Gasteiger partial charge >= 0.3 is 0 Å². The predicted octanol–water partition coefficient (Wildman–Crippen LogP) is 18.7. The van der Waals surface area contributed by atoms with Crippen LogP contribution < -0.4 is 4.90 Å². The first-order chi connectivity index (χ1) is 37.9. The van der Waals surface area contributed by atoms with E-state index in [0.29, 0.717) is 17.5 Å². The third-order valence-corrected chi connectivity index (χ3v) is 15.5. The maximum Gasteiger partial charge on any atom is 0.164 e. The van der Waals surface area contributed by atoms with Gasteiger partial charge in [0.2, 0.25) is 0 Å². The van der Waals surface area contributed by atoms with Gasteiger partial charge in [0.25, 0.3) is 0 Å². The molecule has 5 nitrogen and oxygen atoms in total. The van der Waals surface area contributed by atoms with Gasteiger partial charge in [-0.2, -0.15) is 0 Å². The maximum absolute atomic E-state index is 5.13. The van der Waals surface area contributed by atoms with Gasteiger partial charge in [0, 0.05) is 55.6 Å². The fourth-order valence-electron chi connectivity index (χ4n) is 11.5. The van der Waals surface area contributed by atoms with Crippen molar-refractivity contribution in [2.24, 2.45) is 0 Å². The first-order valence-electron chi connectivity index (χ1n) is 26.3. The summed E-state index contributed by atoms with van der Waals surface area (Å²) in [5.41, 5.74) is 21.5. The Morgan fingerprint density at radius 1 is 0.299 bits per heavy atom. The highest BCUT2D eigenvalue weighted by molar-refractivity contribution is 6.13. The van der Waals surface area contributed by atoms with Crippen LogP contribution in [0.1, 0.15) is 25.0 Å². The van der Waals surface area contributed by atoms with E-state index in [-0.39, 0.29) is 5.41 Å². The van der Waals surface area contributed by atoms with Crippen molar-refractivity contribution in [3.63, 3.8) is 0 Å². The monoisotopic (exact) mass is 985 g/mol. The molecule has 5 heteroatoms. The molecule has 364 valence electrons. The van der Waals surface area contributed by atoms with Gasteiger partial charge in [-0.05, 0) is 128 Å². The molecule has 2 heterocycles. The summed E-state index contributed by atoms with van der Waals surface area (Å²) in [6.07, 6.45) is 0. The Labute approximate surface area is 448 Å². The van der Waals surface area contributed by atoms with Gasteiger partial charge in [-0.25, -0.2) is 15.0 Å². The number of hydrogen-bond acceptors (Lipinski definition) is 4. The van der Waals surface area contributed by atoms with Crippen LogP contribution in [-0.2, 0) is 5.41 Å². The van der Waals surface area contributed by atoms with E-state index in [9.17, 15) is 0 Å². The average Bonchev–Trinajstić information content (AvgIpc) is 4.05. The molecule has 0 unspecified atom stereocenters. The lowest BCUT2D eigenvalue weighted by Crippen LogP contribution is -2.14. The lowest BCUT2D eigenvalue weighted by atomic mass is 9.82. The minimum absolute atomic E-state index is 0.176. The number of anilines is 3. The van der Waals surface area contributed by atoms with Crippen LogP contribution in [0.5, 0.6) is 0 Å². The molecule has 0 spiro atoms. The third kappa shape index (κ3) is 8.17. The summed E-state index contributed by atoms with van der Waals surface area (Å²) in [5, 5.41) is 2.39. The minimum Gasteiger partial charge on any atom is -0.311 e. The van der Waals surface area contributed by atoms with E-state index in [4.69, 9.17) is 15.0 Å². The molecule has 0 fully saturated rings. The smallest absolute Gasteiger partial charge is 0.164 e. The zero-order valence-electron chi connectivity index (χ0n) is 42.7. The SMILES string of the molecule is CC1(C)c2ccccc2-c2cc3c4cc(-c5ccc(N(c6ccc(-c7ccccc7)cc6)c6ccc(-c7ccccc7)cc6)cc5)ccc4n(-c4cccc(-c5nc(-c6ccccc6)nc(-c6ccccc6)n5)c4)c3cc21. The summed E-state index contributed by atoms with van der Waals surface area (Å²) in [7, 11) is 0. The Morgan fingerprint density at radius 3 is 1.25 bits per heavy atom. The molecular weight excluding hydrogens is 935 g/mol. The second kappa shape index (κ2) is 18.8. The predicted molar refractivity (Wildman–Crippen MR) is 319 cm³/mol. The summed E-state index contributed by atoms with van der Waals surface area (Å²) >= 11 is 0. The molecule has 0 atom stereocenters. The van der Waals surface area contributed by atoms with Gasteiger partial charge in [-0.1, -0.05) is 214 Å². The summed E-state index contributed by atoms with van der Waals surface area (Å²) in [5.74, 6) is 1.89. The topological polar surface area (TPSA) is 46.8 Å². The first kappa shape index (κ1) is 45.6. The number of nitrogens with zero attached hydrogens (tertiary/aromatic N) is 5. The lowest BCUT2D eigenvalue weighted by Gasteiger charge is -2.26. The summed E-state index contributed by atoms with van der Waals surface area (Å²) in [4.78, 5) is 17.6. The molecule has 1 aliphatic carbocycles. The zero-order valence-corrected chi connectivity index (χ0v) is 42.7. The van der Waals surface area contributed by atoms with Crippen molar-refractivity contribution in [2.75, 3.05) is 4.90 Å². The second-order valence-electron chi connectivity index (χ2n) is 20.4. The van der Waals surface area contributed by atoms with Gasteiger partial charge < -0.3 is 9.47 Å². The fraction of sp³-hybridized carbons (Fsp3) is 0.0417. The molecule has 13 aromatic rings. The molecule has 0 aliphatic heterocycles. The molecule has 0 radical (unpaired) electrons. The van der Waals surface area contributed by atoms with Crippen LogP contribution in [0, 0.1) is 0 Å². The molecule has 1 aliphatic rings. The van der Waals surface area contributed by atoms with Gasteiger partial charge in [0.1, 0.15) is 0 Å². The molecule has 0 bridgehead atoms. The normalized spacial score (nSPS) is 12.4. The van der Waals surface area contributed by atoms with Gasteiger partial charge in [-0.15, -0.1) is 0 Å². The van der Waals surface area contributed by atoms with Crippen molar-refractivity contribution < 1.29 is 0 Å². The highest BCUT2D eigenvalue weighted by Crippen LogP contribution is 2.51. The largest absolute Gasteiger partial charge is 0.311 e. The molecule has 0 saturated heterocycles. The van der Waals surface area contributed by atoms with Crippen LogP contribution in [0.3, 0.4) is 0 Å². The molecular formula is C72H51N5.